The predicted molar refractivity (Wildman–Crippen MR) is 84.8 cm³/mol. The van der Waals surface area contributed by atoms with E-state index in [0.29, 0.717) is 32.3 Å². The Morgan fingerprint density at radius 1 is 1.40 bits per heavy atom. The van der Waals surface area contributed by atoms with Crippen LogP contribution in [0.25, 0.3) is 0 Å². The number of hydrogen-bond donors (Lipinski definition) is 4. The highest BCUT2D eigenvalue weighted by atomic mass is 19.3. The second-order valence-electron chi connectivity index (χ2n) is 5.90. The molecule has 2 heterocycles. The highest BCUT2D eigenvalue weighted by molar-refractivity contribution is 6.05. The summed E-state index contributed by atoms with van der Waals surface area (Å²) in [7, 11) is 0. The van der Waals surface area contributed by atoms with Crippen molar-refractivity contribution in [3.05, 3.63) is 12.3 Å². The van der Waals surface area contributed by atoms with E-state index >= 15 is 0 Å². The molecule has 0 aromatic carbocycles. The van der Waals surface area contributed by atoms with Gasteiger partial charge in [0.05, 0.1) is 12.7 Å². The van der Waals surface area contributed by atoms with Crippen molar-refractivity contribution in [1.29, 1.82) is 0 Å². The number of nitrogens with zero attached hydrogens (tertiary/aromatic N) is 1. The minimum atomic E-state index is -3.26. The number of aliphatic imine (C=N–C) groups is 1. The summed E-state index contributed by atoms with van der Waals surface area (Å²) in [5.74, 6) is -3.96. The van der Waals surface area contributed by atoms with Gasteiger partial charge in [-0.2, -0.15) is 0 Å². The van der Waals surface area contributed by atoms with Crippen LogP contribution in [0.4, 0.5) is 8.78 Å². The normalized spacial score (nSPS) is 27.4. The van der Waals surface area contributed by atoms with Gasteiger partial charge >= 0.3 is 0 Å². The Hall–Kier alpha value is -1.91. The van der Waals surface area contributed by atoms with Gasteiger partial charge in [-0.3, -0.25) is 9.59 Å². The maximum atomic E-state index is 13.9. The second kappa shape index (κ2) is 8.97. The van der Waals surface area contributed by atoms with E-state index in [1.165, 1.54) is 12.3 Å². The first kappa shape index (κ1) is 19.4. The molecular formula is C15H22F2N4O4. The quantitative estimate of drug-likeness (QED) is 0.290. The SMILES string of the molecule is O=CN/C=C\C(=N/C1OC(CO)CC1(F)F)NC(=O)C1CCNCC1. The van der Waals surface area contributed by atoms with E-state index in [4.69, 9.17) is 9.84 Å². The summed E-state index contributed by atoms with van der Waals surface area (Å²) in [4.78, 5) is 26.4. The van der Waals surface area contributed by atoms with Gasteiger partial charge < -0.3 is 25.8 Å². The Kier molecular flexibility index (Phi) is 6.97. The van der Waals surface area contributed by atoms with Crippen LogP contribution in [0.3, 0.4) is 0 Å². The van der Waals surface area contributed by atoms with Crippen molar-refractivity contribution in [3.8, 4) is 0 Å². The van der Waals surface area contributed by atoms with Crippen LogP contribution >= 0.6 is 0 Å². The second-order valence-corrected chi connectivity index (χ2v) is 5.90. The van der Waals surface area contributed by atoms with Gasteiger partial charge in [-0.1, -0.05) is 0 Å². The Balaban J connectivity index is 2.11. The summed E-state index contributed by atoms with van der Waals surface area (Å²) in [6.45, 7) is 0.866. The van der Waals surface area contributed by atoms with E-state index in [1.807, 2.05) is 0 Å². The number of halogens is 2. The third kappa shape index (κ3) is 5.55. The van der Waals surface area contributed by atoms with E-state index < -0.39 is 31.3 Å². The Labute approximate surface area is 143 Å². The number of alkyl halides is 2. The fourth-order valence-corrected chi connectivity index (χ4v) is 2.69. The van der Waals surface area contributed by atoms with Crippen LogP contribution < -0.4 is 16.0 Å². The lowest BCUT2D eigenvalue weighted by molar-refractivity contribution is -0.124. The fourth-order valence-electron chi connectivity index (χ4n) is 2.69. The maximum absolute atomic E-state index is 13.9. The zero-order valence-corrected chi connectivity index (χ0v) is 13.6. The van der Waals surface area contributed by atoms with E-state index in [-0.39, 0.29) is 17.7 Å². The van der Waals surface area contributed by atoms with Crippen molar-refractivity contribution in [2.75, 3.05) is 19.7 Å². The molecule has 0 saturated carbocycles. The molecule has 0 aliphatic carbocycles. The van der Waals surface area contributed by atoms with Crippen molar-refractivity contribution < 1.29 is 28.2 Å². The Bertz CT molecular complexity index is 536. The number of rotatable bonds is 6. The van der Waals surface area contributed by atoms with Crippen LogP contribution in [-0.4, -0.2) is 61.2 Å². The van der Waals surface area contributed by atoms with Crippen LogP contribution in [0.15, 0.2) is 17.3 Å². The van der Waals surface area contributed by atoms with Crippen LogP contribution in [0.2, 0.25) is 0 Å². The topological polar surface area (TPSA) is 112 Å². The number of amides is 2. The number of aliphatic hydroxyl groups excluding tert-OH is 1. The van der Waals surface area contributed by atoms with Gasteiger partial charge in [0, 0.05) is 18.5 Å². The number of nitrogens with one attached hydrogen (secondary N) is 3. The molecule has 2 unspecified atom stereocenters. The van der Waals surface area contributed by atoms with Crippen molar-refractivity contribution in [1.82, 2.24) is 16.0 Å². The molecule has 0 aromatic rings. The molecular weight excluding hydrogens is 338 g/mol. The first-order chi connectivity index (χ1) is 12.0. The lowest BCUT2D eigenvalue weighted by atomic mass is 9.97. The molecule has 2 aliphatic heterocycles. The number of aliphatic hydroxyl groups is 1. The number of carbonyl (C=O) groups is 2. The molecule has 2 amide bonds. The smallest absolute Gasteiger partial charge is 0.296 e. The Morgan fingerprint density at radius 3 is 2.72 bits per heavy atom. The molecule has 0 bridgehead atoms. The van der Waals surface area contributed by atoms with Crippen LogP contribution in [0.1, 0.15) is 19.3 Å². The van der Waals surface area contributed by atoms with Gasteiger partial charge in [-0.15, -0.1) is 0 Å². The lowest BCUT2D eigenvalue weighted by Gasteiger charge is -2.22. The molecule has 140 valence electrons. The average molecular weight is 360 g/mol. The number of carbonyl (C=O) groups excluding carboxylic acids is 2. The highest BCUT2D eigenvalue weighted by Crippen LogP contribution is 2.36. The van der Waals surface area contributed by atoms with Crippen LogP contribution in [0.5, 0.6) is 0 Å². The standard InChI is InChI=1S/C15H22F2N4O4/c16-15(17)7-11(8-22)25-14(15)21-12(3-6-19-9-23)20-13(24)10-1-4-18-5-2-10/h3,6,9-11,14,18,22H,1-2,4-5,7-8H2,(H,19,23)(H,20,21,24)/b6-3-. The van der Waals surface area contributed by atoms with Gasteiger partial charge in [0.15, 0.2) is 0 Å². The molecule has 0 aromatic heterocycles. The van der Waals surface area contributed by atoms with Gasteiger partial charge in [-0.05, 0) is 32.0 Å². The minimum Gasteiger partial charge on any atom is -0.394 e. The maximum Gasteiger partial charge on any atom is 0.296 e. The van der Waals surface area contributed by atoms with E-state index in [1.54, 1.807) is 0 Å². The third-order valence-corrected chi connectivity index (χ3v) is 4.01. The zero-order valence-electron chi connectivity index (χ0n) is 13.6. The number of amidine groups is 1. The third-order valence-electron chi connectivity index (χ3n) is 4.01. The summed E-state index contributed by atoms with van der Waals surface area (Å²) in [6.07, 6.45) is 0.575. The molecule has 2 fully saturated rings. The van der Waals surface area contributed by atoms with Crippen molar-refractivity contribution in [2.45, 2.75) is 37.5 Å². The summed E-state index contributed by atoms with van der Waals surface area (Å²) >= 11 is 0. The van der Waals surface area contributed by atoms with Gasteiger partial charge in [0.1, 0.15) is 5.84 Å². The fraction of sp³-hybridized carbons (Fsp3) is 0.667. The number of hydrogen-bond acceptors (Lipinski definition) is 6. The molecule has 8 nitrogen and oxygen atoms in total. The summed E-state index contributed by atoms with van der Waals surface area (Å²) in [5.41, 5.74) is 0. The Morgan fingerprint density at radius 2 is 2.12 bits per heavy atom. The molecule has 0 radical (unpaired) electrons. The monoisotopic (exact) mass is 360 g/mol. The predicted octanol–water partition coefficient (Wildman–Crippen LogP) is -0.497. The molecule has 0 spiro atoms. The average Bonchev–Trinajstić information content (AvgIpc) is 2.89. The molecule has 2 atom stereocenters. The summed E-state index contributed by atoms with van der Waals surface area (Å²) in [5, 5.41) is 16.9. The molecule has 4 N–H and O–H groups in total. The molecule has 25 heavy (non-hydrogen) atoms. The largest absolute Gasteiger partial charge is 0.394 e. The highest BCUT2D eigenvalue weighted by Gasteiger charge is 2.50. The lowest BCUT2D eigenvalue weighted by Crippen LogP contribution is -2.41. The van der Waals surface area contributed by atoms with E-state index in [0.717, 1.165) is 0 Å². The molecule has 2 saturated heterocycles. The molecule has 2 rings (SSSR count). The zero-order chi connectivity index (χ0) is 18.3. The number of piperidine rings is 1. The summed E-state index contributed by atoms with van der Waals surface area (Å²) < 4.78 is 32.9. The number of ether oxygens (including phenoxy) is 1. The first-order valence-electron chi connectivity index (χ1n) is 8.06. The van der Waals surface area contributed by atoms with Crippen molar-refractivity contribution >= 4 is 18.2 Å². The van der Waals surface area contributed by atoms with Gasteiger partial charge in [0.25, 0.3) is 5.92 Å². The first-order valence-corrected chi connectivity index (χ1v) is 8.06. The van der Waals surface area contributed by atoms with Crippen LogP contribution in [0, 0.1) is 5.92 Å². The molecule has 2 aliphatic rings. The van der Waals surface area contributed by atoms with E-state index in [2.05, 4.69) is 20.9 Å². The van der Waals surface area contributed by atoms with E-state index in [9.17, 15) is 18.4 Å². The van der Waals surface area contributed by atoms with Gasteiger partial charge in [-0.25, -0.2) is 13.8 Å². The minimum absolute atomic E-state index is 0.138. The van der Waals surface area contributed by atoms with Crippen molar-refractivity contribution in [3.63, 3.8) is 0 Å². The van der Waals surface area contributed by atoms with Crippen molar-refractivity contribution in [2.24, 2.45) is 10.9 Å². The van der Waals surface area contributed by atoms with Crippen LogP contribution in [-0.2, 0) is 14.3 Å². The summed E-state index contributed by atoms with van der Waals surface area (Å²) in [6, 6.07) is 0. The van der Waals surface area contributed by atoms with Gasteiger partial charge in [0.2, 0.25) is 18.5 Å². The molecule has 10 heteroatoms.